The van der Waals surface area contributed by atoms with E-state index in [1.54, 1.807) is 4.40 Å². The minimum Gasteiger partial charge on any atom is -0.328 e. The first-order chi connectivity index (χ1) is 12.1. The second-order valence-electron chi connectivity index (χ2n) is 5.55. The smallest absolute Gasteiger partial charge is 0.319 e. The first-order valence-corrected chi connectivity index (χ1v) is 7.90. The molecule has 0 aliphatic carbocycles. The Morgan fingerprint density at radius 1 is 1.24 bits per heavy atom. The fourth-order valence-corrected chi connectivity index (χ4v) is 2.56. The molecule has 6 nitrogen and oxygen atoms in total. The highest BCUT2D eigenvalue weighted by molar-refractivity contribution is 5.89. The van der Waals surface area contributed by atoms with E-state index in [-0.39, 0.29) is 5.69 Å². The number of amides is 2. The van der Waals surface area contributed by atoms with Crippen LogP contribution in [0.4, 0.5) is 19.3 Å². The van der Waals surface area contributed by atoms with E-state index in [2.05, 4.69) is 20.8 Å². The normalized spacial score (nSPS) is 12.1. The molecule has 130 valence electrons. The van der Waals surface area contributed by atoms with Gasteiger partial charge in [0.05, 0.1) is 11.7 Å². The van der Waals surface area contributed by atoms with Crippen molar-refractivity contribution >= 4 is 17.4 Å². The van der Waals surface area contributed by atoms with Crippen molar-refractivity contribution < 1.29 is 13.6 Å². The van der Waals surface area contributed by atoms with Gasteiger partial charge in [-0.2, -0.15) is 0 Å². The molecule has 1 unspecified atom stereocenters. The van der Waals surface area contributed by atoms with Gasteiger partial charge >= 0.3 is 6.03 Å². The van der Waals surface area contributed by atoms with Crippen LogP contribution in [0.3, 0.4) is 0 Å². The number of carbonyl (C=O) groups is 1. The molecule has 8 heteroatoms. The maximum Gasteiger partial charge on any atom is 0.319 e. The molecule has 3 rings (SSSR count). The quantitative estimate of drug-likeness (QED) is 0.741. The molecule has 2 heterocycles. The first-order valence-electron chi connectivity index (χ1n) is 7.90. The zero-order valence-corrected chi connectivity index (χ0v) is 13.5. The van der Waals surface area contributed by atoms with Crippen molar-refractivity contribution in [3.05, 3.63) is 60.1 Å². The Bertz CT molecular complexity index is 896. The van der Waals surface area contributed by atoms with Gasteiger partial charge in [-0.15, -0.1) is 10.2 Å². The van der Waals surface area contributed by atoms with E-state index in [0.29, 0.717) is 24.0 Å². The molecule has 0 spiro atoms. The van der Waals surface area contributed by atoms with Crippen LogP contribution < -0.4 is 10.6 Å². The van der Waals surface area contributed by atoms with Gasteiger partial charge < -0.3 is 10.6 Å². The number of hydrogen-bond acceptors (Lipinski definition) is 3. The number of halogens is 2. The summed E-state index contributed by atoms with van der Waals surface area (Å²) in [7, 11) is 0. The monoisotopic (exact) mass is 345 g/mol. The summed E-state index contributed by atoms with van der Waals surface area (Å²) < 4.78 is 28.4. The van der Waals surface area contributed by atoms with Crippen LogP contribution in [0, 0.1) is 11.6 Å². The predicted molar refractivity (Wildman–Crippen MR) is 89.1 cm³/mol. The summed E-state index contributed by atoms with van der Waals surface area (Å²) in [6, 6.07) is 7.47. The van der Waals surface area contributed by atoms with E-state index in [9.17, 15) is 13.6 Å². The number of fused-ring (bicyclic) bond motifs is 1. The summed E-state index contributed by atoms with van der Waals surface area (Å²) in [6.45, 7) is 1.98. The van der Waals surface area contributed by atoms with Gasteiger partial charge in [0.1, 0.15) is 11.6 Å². The third-order valence-electron chi connectivity index (χ3n) is 3.71. The molecule has 0 aliphatic rings. The number of benzene rings is 1. The van der Waals surface area contributed by atoms with Crippen molar-refractivity contribution in [2.24, 2.45) is 0 Å². The second-order valence-corrected chi connectivity index (χ2v) is 5.55. The molecule has 25 heavy (non-hydrogen) atoms. The van der Waals surface area contributed by atoms with E-state index in [1.807, 2.05) is 31.3 Å². The highest BCUT2D eigenvalue weighted by atomic mass is 19.1. The Labute approximate surface area is 142 Å². The molecule has 2 N–H and O–H groups in total. The lowest BCUT2D eigenvalue weighted by atomic mass is 10.1. The number of nitrogens with zero attached hydrogens (tertiary/aromatic N) is 3. The predicted octanol–water partition coefficient (Wildman–Crippen LogP) is 3.67. The molecule has 2 aromatic heterocycles. The molecular formula is C17H17F2N5O. The average molecular weight is 345 g/mol. The van der Waals surface area contributed by atoms with Crippen molar-refractivity contribution in [1.82, 2.24) is 19.9 Å². The largest absolute Gasteiger partial charge is 0.328 e. The number of carbonyl (C=O) groups excluding carboxylic acids is 1. The van der Waals surface area contributed by atoms with Crippen LogP contribution in [0.1, 0.15) is 31.6 Å². The third-order valence-corrected chi connectivity index (χ3v) is 3.71. The minimum atomic E-state index is -0.838. The van der Waals surface area contributed by atoms with Crippen LogP contribution in [0.25, 0.3) is 5.65 Å². The van der Waals surface area contributed by atoms with Crippen LogP contribution in [0.5, 0.6) is 0 Å². The van der Waals surface area contributed by atoms with Crippen LogP contribution in [0.2, 0.25) is 0 Å². The van der Waals surface area contributed by atoms with Crippen molar-refractivity contribution in [2.45, 2.75) is 25.8 Å². The molecule has 2 amide bonds. The molecule has 0 bridgehead atoms. The second kappa shape index (κ2) is 7.25. The maximum atomic E-state index is 13.7. The molecule has 3 aromatic rings. The van der Waals surface area contributed by atoms with Gasteiger partial charge in [0.25, 0.3) is 0 Å². The fourth-order valence-electron chi connectivity index (χ4n) is 2.56. The number of nitrogens with one attached hydrogen (secondary N) is 2. The SMILES string of the molecule is CCCC(NC(=O)Nc1ccc(F)cc1F)c1nnc2ccccn12. The Hall–Kier alpha value is -3.03. The molecule has 1 aromatic carbocycles. The van der Waals surface area contributed by atoms with E-state index in [1.165, 1.54) is 6.07 Å². The van der Waals surface area contributed by atoms with E-state index in [0.717, 1.165) is 12.5 Å². The molecular weight excluding hydrogens is 328 g/mol. The Morgan fingerprint density at radius 3 is 2.84 bits per heavy atom. The van der Waals surface area contributed by atoms with E-state index >= 15 is 0 Å². The maximum absolute atomic E-state index is 13.7. The number of pyridine rings is 1. The Kier molecular flexibility index (Phi) is 4.87. The van der Waals surface area contributed by atoms with E-state index in [4.69, 9.17) is 0 Å². The number of anilines is 1. The lowest BCUT2D eigenvalue weighted by Crippen LogP contribution is -2.33. The number of rotatable bonds is 5. The fraction of sp³-hybridized carbons (Fsp3) is 0.235. The Balaban J connectivity index is 1.78. The summed E-state index contributed by atoms with van der Waals surface area (Å²) in [5, 5.41) is 13.4. The summed E-state index contributed by atoms with van der Waals surface area (Å²) in [4.78, 5) is 12.2. The average Bonchev–Trinajstić information content (AvgIpc) is 3.01. The van der Waals surface area contributed by atoms with Gasteiger partial charge in [-0.05, 0) is 30.7 Å². The van der Waals surface area contributed by atoms with E-state index < -0.39 is 23.7 Å². The molecule has 1 atom stereocenters. The summed E-state index contributed by atoms with van der Waals surface area (Å²) in [5.74, 6) is -0.954. The lowest BCUT2D eigenvalue weighted by Gasteiger charge is -2.17. The zero-order chi connectivity index (χ0) is 17.8. The molecule has 0 saturated heterocycles. The van der Waals surface area contributed by atoms with Gasteiger partial charge in [-0.1, -0.05) is 19.4 Å². The van der Waals surface area contributed by atoms with Gasteiger partial charge in [0, 0.05) is 12.3 Å². The molecule has 0 saturated carbocycles. The van der Waals surface area contributed by atoms with Crippen molar-refractivity contribution in [1.29, 1.82) is 0 Å². The summed E-state index contributed by atoms with van der Waals surface area (Å²) in [5.41, 5.74) is 0.575. The molecule has 0 fully saturated rings. The van der Waals surface area contributed by atoms with Crippen LogP contribution in [-0.4, -0.2) is 20.6 Å². The van der Waals surface area contributed by atoms with Crippen LogP contribution in [0.15, 0.2) is 42.6 Å². The number of hydrogen-bond donors (Lipinski definition) is 2. The third kappa shape index (κ3) is 3.73. The molecule has 0 radical (unpaired) electrons. The summed E-state index contributed by atoms with van der Waals surface area (Å²) in [6.07, 6.45) is 3.25. The van der Waals surface area contributed by atoms with Crippen molar-refractivity contribution in [3.8, 4) is 0 Å². The number of urea groups is 1. The van der Waals surface area contributed by atoms with Crippen LogP contribution in [-0.2, 0) is 0 Å². The van der Waals surface area contributed by atoms with Gasteiger partial charge in [-0.3, -0.25) is 4.40 Å². The minimum absolute atomic E-state index is 0.0970. The highest BCUT2D eigenvalue weighted by Crippen LogP contribution is 2.19. The van der Waals surface area contributed by atoms with Gasteiger partial charge in [0.2, 0.25) is 0 Å². The Morgan fingerprint density at radius 2 is 2.08 bits per heavy atom. The van der Waals surface area contributed by atoms with Gasteiger partial charge in [0.15, 0.2) is 11.5 Å². The van der Waals surface area contributed by atoms with Crippen molar-refractivity contribution in [2.75, 3.05) is 5.32 Å². The van der Waals surface area contributed by atoms with Crippen LogP contribution >= 0.6 is 0 Å². The lowest BCUT2D eigenvalue weighted by molar-refractivity contribution is 0.247. The van der Waals surface area contributed by atoms with Crippen molar-refractivity contribution in [3.63, 3.8) is 0 Å². The van der Waals surface area contributed by atoms with Gasteiger partial charge in [-0.25, -0.2) is 13.6 Å². The standard InChI is InChI=1S/C17H17F2N5O/c1-2-5-14(16-23-22-15-6-3-4-9-24(15)16)21-17(25)20-13-8-7-11(18)10-12(13)19/h3-4,6-10,14H,2,5H2,1H3,(H2,20,21,25). The summed E-state index contributed by atoms with van der Waals surface area (Å²) >= 11 is 0. The molecule has 0 aliphatic heterocycles. The first kappa shape index (κ1) is 16.8. The highest BCUT2D eigenvalue weighted by Gasteiger charge is 2.20. The zero-order valence-electron chi connectivity index (χ0n) is 13.5. The number of aromatic nitrogens is 3. The topological polar surface area (TPSA) is 71.3 Å².